The molecule has 0 aliphatic heterocycles. The van der Waals surface area contributed by atoms with Crippen molar-refractivity contribution >= 4 is 5.91 Å². The van der Waals surface area contributed by atoms with Crippen molar-refractivity contribution in [3.8, 4) is 0 Å². The summed E-state index contributed by atoms with van der Waals surface area (Å²) < 4.78 is 0. The lowest BCUT2D eigenvalue weighted by molar-refractivity contribution is -0.123. The van der Waals surface area contributed by atoms with Crippen LogP contribution in [0.5, 0.6) is 0 Å². The van der Waals surface area contributed by atoms with Crippen LogP contribution in [0.25, 0.3) is 0 Å². The molecule has 0 heterocycles. The van der Waals surface area contributed by atoms with Crippen LogP contribution in [0.1, 0.15) is 45.4 Å². The SMILES string of the molecule is CCC[C@H](N)C(=O)N[C@H]1CCC[C@H](O)C1. The Kier molecular flexibility index (Phi) is 5.05. The molecule has 4 nitrogen and oxygen atoms in total. The van der Waals surface area contributed by atoms with Gasteiger partial charge >= 0.3 is 0 Å². The quantitative estimate of drug-likeness (QED) is 0.639. The van der Waals surface area contributed by atoms with Crippen LogP contribution in [-0.4, -0.2) is 29.2 Å². The normalized spacial score (nSPS) is 28.5. The first kappa shape index (κ1) is 12.5. The van der Waals surface area contributed by atoms with E-state index in [0.29, 0.717) is 6.42 Å². The Bertz CT molecular complexity index is 209. The van der Waals surface area contributed by atoms with Gasteiger partial charge in [0.15, 0.2) is 0 Å². The average molecular weight is 214 g/mol. The highest BCUT2D eigenvalue weighted by molar-refractivity contribution is 5.81. The number of carbonyl (C=O) groups is 1. The minimum absolute atomic E-state index is 0.0732. The van der Waals surface area contributed by atoms with Crippen molar-refractivity contribution in [1.82, 2.24) is 5.32 Å². The zero-order chi connectivity index (χ0) is 11.3. The maximum atomic E-state index is 11.6. The Morgan fingerprint density at radius 1 is 1.60 bits per heavy atom. The molecule has 1 rings (SSSR count). The van der Waals surface area contributed by atoms with Crippen molar-refractivity contribution in [3.05, 3.63) is 0 Å². The molecule has 3 atom stereocenters. The molecule has 0 aromatic rings. The van der Waals surface area contributed by atoms with E-state index < -0.39 is 6.04 Å². The van der Waals surface area contributed by atoms with Crippen LogP contribution >= 0.6 is 0 Å². The third-order valence-electron chi connectivity index (χ3n) is 2.93. The molecule has 1 amide bonds. The van der Waals surface area contributed by atoms with Crippen molar-refractivity contribution < 1.29 is 9.90 Å². The maximum absolute atomic E-state index is 11.6. The van der Waals surface area contributed by atoms with Crippen molar-refractivity contribution in [2.24, 2.45) is 5.73 Å². The average Bonchev–Trinajstić information content (AvgIpc) is 2.18. The summed E-state index contributed by atoms with van der Waals surface area (Å²) in [6.45, 7) is 2.01. The monoisotopic (exact) mass is 214 g/mol. The van der Waals surface area contributed by atoms with Crippen LogP contribution in [0.15, 0.2) is 0 Å². The van der Waals surface area contributed by atoms with Crippen LogP contribution in [0.4, 0.5) is 0 Å². The first-order valence-corrected chi connectivity index (χ1v) is 5.87. The molecule has 0 radical (unpaired) electrons. The predicted octanol–water partition coefficient (Wildman–Crippen LogP) is 0.533. The fourth-order valence-electron chi connectivity index (χ4n) is 2.05. The van der Waals surface area contributed by atoms with Gasteiger partial charge in [0.25, 0.3) is 0 Å². The maximum Gasteiger partial charge on any atom is 0.237 e. The Labute approximate surface area is 91.2 Å². The predicted molar refractivity (Wildman–Crippen MR) is 59.3 cm³/mol. The number of nitrogens with one attached hydrogen (secondary N) is 1. The second-order valence-electron chi connectivity index (χ2n) is 4.42. The molecule has 1 fully saturated rings. The van der Waals surface area contributed by atoms with E-state index in [1.54, 1.807) is 0 Å². The highest BCUT2D eigenvalue weighted by Crippen LogP contribution is 2.18. The number of aliphatic hydroxyl groups excluding tert-OH is 1. The van der Waals surface area contributed by atoms with Gasteiger partial charge in [0, 0.05) is 6.04 Å². The summed E-state index contributed by atoms with van der Waals surface area (Å²) in [7, 11) is 0. The van der Waals surface area contributed by atoms with E-state index in [1.165, 1.54) is 0 Å². The molecule has 4 heteroatoms. The summed E-state index contributed by atoms with van der Waals surface area (Å²) in [5.41, 5.74) is 5.71. The molecule has 15 heavy (non-hydrogen) atoms. The number of aliphatic hydroxyl groups is 1. The van der Waals surface area contributed by atoms with Crippen molar-refractivity contribution in [2.75, 3.05) is 0 Å². The minimum Gasteiger partial charge on any atom is -0.393 e. The molecular weight excluding hydrogens is 192 g/mol. The van der Waals surface area contributed by atoms with Gasteiger partial charge in [-0.15, -0.1) is 0 Å². The molecule has 1 aliphatic rings. The summed E-state index contributed by atoms with van der Waals surface area (Å²) in [5.74, 6) is -0.0732. The Hall–Kier alpha value is -0.610. The third-order valence-corrected chi connectivity index (χ3v) is 2.93. The Morgan fingerprint density at radius 3 is 2.93 bits per heavy atom. The molecular formula is C11H22N2O2. The van der Waals surface area contributed by atoms with Gasteiger partial charge in [0.2, 0.25) is 5.91 Å². The highest BCUT2D eigenvalue weighted by atomic mass is 16.3. The molecule has 1 aliphatic carbocycles. The van der Waals surface area contributed by atoms with E-state index in [9.17, 15) is 9.90 Å². The number of nitrogens with two attached hydrogens (primary N) is 1. The molecule has 0 bridgehead atoms. The fourth-order valence-corrected chi connectivity index (χ4v) is 2.05. The molecule has 0 aromatic carbocycles. The lowest BCUT2D eigenvalue weighted by atomic mass is 9.93. The van der Waals surface area contributed by atoms with E-state index >= 15 is 0 Å². The molecule has 1 saturated carbocycles. The van der Waals surface area contributed by atoms with Gasteiger partial charge in [0.05, 0.1) is 12.1 Å². The van der Waals surface area contributed by atoms with Gasteiger partial charge in [-0.3, -0.25) is 4.79 Å². The number of amides is 1. The molecule has 4 N–H and O–H groups in total. The molecule has 88 valence electrons. The summed E-state index contributed by atoms with van der Waals surface area (Å²) in [4.78, 5) is 11.6. The number of hydrogen-bond acceptors (Lipinski definition) is 3. The standard InChI is InChI=1S/C11H22N2O2/c1-2-4-10(12)11(15)13-8-5-3-6-9(14)7-8/h8-10,14H,2-7,12H2,1H3,(H,13,15)/t8-,9-,10-/m0/s1. The van der Waals surface area contributed by atoms with Crippen LogP contribution in [0.2, 0.25) is 0 Å². The van der Waals surface area contributed by atoms with Crippen molar-refractivity contribution in [1.29, 1.82) is 0 Å². The van der Waals surface area contributed by atoms with Crippen molar-refractivity contribution in [2.45, 2.75) is 63.6 Å². The van der Waals surface area contributed by atoms with E-state index in [-0.39, 0.29) is 18.1 Å². The van der Waals surface area contributed by atoms with Gasteiger partial charge in [-0.2, -0.15) is 0 Å². The second-order valence-corrected chi connectivity index (χ2v) is 4.42. The number of carbonyl (C=O) groups excluding carboxylic acids is 1. The summed E-state index contributed by atoms with van der Waals surface area (Å²) >= 11 is 0. The number of rotatable bonds is 4. The van der Waals surface area contributed by atoms with Gasteiger partial charge < -0.3 is 16.2 Å². The van der Waals surface area contributed by atoms with Crippen LogP contribution < -0.4 is 11.1 Å². The zero-order valence-electron chi connectivity index (χ0n) is 9.41. The lowest BCUT2D eigenvalue weighted by Crippen LogP contribution is -2.47. The second kappa shape index (κ2) is 6.08. The Balaban J connectivity index is 2.30. The van der Waals surface area contributed by atoms with Crippen LogP contribution in [-0.2, 0) is 4.79 Å². The van der Waals surface area contributed by atoms with Crippen LogP contribution in [0.3, 0.4) is 0 Å². The summed E-state index contributed by atoms with van der Waals surface area (Å²) in [5, 5.41) is 12.4. The smallest absolute Gasteiger partial charge is 0.237 e. The van der Waals surface area contributed by atoms with Crippen molar-refractivity contribution in [3.63, 3.8) is 0 Å². The van der Waals surface area contributed by atoms with E-state index in [0.717, 1.165) is 32.1 Å². The Morgan fingerprint density at radius 2 is 2.33 bits per heavy atom. The first-order chi connectivity index (χ1) is 7.13. The first-order valence-electron chi connectivity index (χ1n) is 5.87. The lowest BCUT2D eigenvalue weighted by Gasteiger charge is -2.27. The van der Waals surface area contributed by atoms with E-state index in [1.807, 2.05) is 6.92 Å². The summed E-state index contributed by atoms with van der Waals surface area (Å²) in [6.07, 6.45) is 4.85. The summed E-state index contributed by atoms with van der Waals surface area (Å²) in [6, 6.07) is -0.279. The molecule has 0 unspecified atom stereocenters. The molecule has 0 aromatic heterocycles. The van der Waals surface area contributed by atoms with Crippen LogP contribution in [0, 0.1) is 0 Å². The fraction of sp³-hybridized carbons (Fsp3) is 0.909. The zero-order valence-corrected chi connectivity index (χ0v) is 9.41. The molecule has 0 spiro atoms. The topological polar surface area (TPSA) is 75.4 Å². The van der Waals surface area contributed by atoms with E-state index in [2.05, 4.69) is 5.32 Å². The largest absolute Gasteiger partial charge is 0.393 e. The highest BCUT2D eigenvalue weighted by Gasteiger charge is 2.23. The van der Waals surface area contributed by atoms with Gasteiger partial charge in [-0.25, -0.2) is 0 Å². The minimum atomic E-state index is -0.394. The van der Waals surface area contributed by atoms with Gasteiger partial charge in [0.1, 0.15) is 0 Å². The van der Waals surface area contributed by atoms with Gasteiger partial charge in [-0.05, 0) is 32.1 Å². The van der Waals surface area contributed by atoms with E-state index in [4.69, 9.17) is 5.73 Å². The third kappa shape index (κ3) is 4.18. The molecule has 0 saturated heterocycles. The number of hydrogen-bond donors (Lipinski definition) is 3. The van der Waals surface area contributed by atoms with Gasteiger partial charge in [-0.1, -0.05) is 13.3 Å².